The van der Waals surface area contributed by atoms with E-state index >= 15 is 0 Å². The second-order valence-corrected chi connectivity index (χ2v) is 7.86. The van der Waals surface area contributed by atoms with E-state index in [0.29, 0.717) is 22.6 Å². The molecule has 5 rings (SSSR count). The number of methoxy groups -OCH3 is 1. The standard InChI is InChI=1S/C28H22N2O3/c1-18-8-3-6-13-24(18)30-27(31)25(20-14-16-21(33-2)17-15-20)26(28(30)32)29-23-12-7-10-19-9-4-5-11-22(19)23/h3-17,29H,1-2H3. The summed E-state index contributed by atoms with van der Waals surface area (Å²) in [7, 11) is 1.59. The summed E-state index contributed by atoms with van der Waals surface area (Å²) in [6.45, 7) is 1.89. The van der Waals surface area contributed by atoms with Gasteiger partial charge in [0.25, 0.3) is 11.8 Å². The first-order valence-electron chi connectivity index (χ1n) is 10.7. The summed E-state index contributed by atoms with van der Waals surface area (Å²) < 4.78 is 5.26. The Labute approximate surface area is 191 Å². The molecule has 0 fully saturated rings. The summed E-state index contributed by atoms with van der Waals surface area (Å²) >= 11 is 0. The van der Waals surface area contributed by atoms with Crippen LogP contribution < -0.4 is 15.0 Å². The molecule has 1 aliphatic rings. The van der Waals surface area contributed by atoms with Crippen LogP contribution in [0.3, 0.4) is 0 Å². The Morgan fingerprint density at radius 2 is 1.45 bits per heavy atom. The van der Waals surface area contributed by atoms with E-state index < -0.39 is 0 Å². The number of hydrogen-bond acceptors (Lipinski definition) is 4. The lowest BCUT2D eigenvalue weighted by Gasteiger charge is -2.18. The SMILES string of the molecule is COc1ccc(C2=C(Nc3cccc4ccccc34)C(=O)N(c3ccccc3C)C2=O)cc1. The zero-order chi connectivity index (χ0) is 22.9. The molecule has 1 heterocycles. The van der Waals surface area contributed by atoms with E-state index in [9.17, 15) is 9.59 Å². The number of carbonyl (C=O) groups excluding carboxylic acids is 2. The van der Waals surface area contributed by atoms with Crippen LogP contribution in [0.15, 0.2) is 96.7 Å². The molecule has 4 aromatic rings. The number of rotatable bonds is 5. The van der Waals surface area contributed by atoms with Crippen molar-refractivity contribution in [2.45, 2.75) is 6.92 Å². The maximum absolute atomic E-state index is 13.7. The number of nitrogens with zero attached hydrogens (tertiary/aromatic N) is 1. The molecule has 0 aliphatic carbocycles. The first kappa shape index (κ1) is 20.5. The van der Waals surface area contributed by atoms with Crippen molar-refractivity contribution in [3.63, 3.8) is 0 Å². The fraction of sp³-hybridized carbons (Fsp3) is 0.0714. The predicted molar refractivity (Wildman–Crippen MR) is 131 cm³/mol. The molecule has 5 nitrogen and oxygen atoms in total. The molecule has 0 aromatic heterocycles. The van der Waals surface area contributed by atoms with Gasteiger partial charge in [-0.15, -0.1) is 0 Å². The second kappa shape index (κ2) is 8.28. The Bertz CT molecular complexity index is 1420. The lowest BCUT2D eigenvalue weighted by molar-refractivity contribution is -0.120. The van der Waals surface area contributed by atoms with Gasteiger partial charge in [-0.25, -0.2) is 4.90 Å². The number of ether oxygens (including phenoxy) is 1. The summed E-state index contributed by atoms with van der Waals surface area (Å²) in [5.41, 5.74) is 3.42. The Kier molecular flexibility index (Phi) is 5.15. The summed E-state index contributed by atoms with van der Waals surface area (Å²) in [6.07, 6.45) is 0. The number of nitrogens with one attached hydrogen (secondary N) is 1. The van der Waals surface area contributed by atoms with E-state index in [-0.39, 0.29) is 17.5 Å². The summed E-state index contributed by atoms with van der Waals surface area (Å²) in [6, 6.07) is 28.3. The minimum absolute atomic E-state index is 0.254. The summed E-state index contributed by atoms with van der Waals surface area (Å²) in [5.74, 6) is -0.0642. The number of amides is 2. The lowest BCUT2D eigenvalue weighted by atomic mass is 10.0. The molecule has 162 valence electrons. The molecular formula is C28H22N2O3. The molecule has 5 heteroatoms. The number of benzene rings is 4. The van der Waals surface area contributed by atoms with Gasteiger partial charge in [0.1, 0.15) is 11.4 Å². The summed E-state index contributed by atoms with van der Waals surface area (Å²) in [4.78, 5) is 28.6. The molecule has 0 bridgehead atoms. The summed E-state index contributed by atoms with van der Waals surface area (Å²) in [5, 5.41) is 5.31. The number of para-hydroxylation sites is 1. The minimum atomic E-state index is -0.381. The van der Waals surface area contributed by atoms with Crippen molar-refractivity contribution in [2.24, 2.45) is 0 Å². The van der Waals surface area contributed by atoms with Crippen LogP contribution in [0.5, 0.6) is 5.75 Å². The van der Waals surface area contributed by atoms with Gasteiger partial charge in [-0.3, -0.25) is 9.59 Å². The molecule has 2 amide bonds. The maximum atomic E-state index is 13.7. The Balaban J connectivity index is 1.67. The molecule has 1 N–H and O–H groups in total. The van der Waals surface area contributed by atoms with Gasteiger partial charge in [0.05, 0.1) is 18.4 Å². The van der Waals surface area contributed by atoms with Gasteiger partial charge < -0.3 is 10.1 Å². The van der Waals surface area contributed by atoms with Gasteiger partial charge in [-0.1, -0.05) is 66.7 Å². The Morgan fingerprint density at radius 1 is 0.758 bits per heavy atom. The van der Waals surface area contributed by atoms with Crippen molar-refractivity contribution in [1.82, 2.24) is 0 Å². The smallest absolute Gasteiger partial charge is 0.282 e. The molecule has 0 radical (unpaired) electrons. The third-order valence-electron chi connectivity index (χ3n) is 5.87. The number of hydrogen-bond donors (Lipinski definition) is 1. The molecule has 33 heavy (non-hydrogen) atoms. The highest BCUT2D eigenvalue weighted by atomic mass is 16.5. The van der Waals surface area contributed by atoms with Crippen LogP contribution >= 0.6 is 0 Å². The normalized spacial score (nSPS) is 13.7. The number of anilines is 2. The van der Waals surface area contributed by atoms with Gasteiger partial charge in [0.2, 0.25) is 0 Å². The van der Waals surface area contributed by atoms with Gasteiger partial charge in [0, 0.05) is 11.1 Å². The van der Waals surface area contributed by atoms with Gasteiger partial charge in [0.15, 0.2) is 0 Å². The van der Waals surface area contributed by atoms with E-state index in [4.69, 9.17) is 4.74 Å². The molecule has 4 aromatic carbocycles. The highest BCUT2D eigenvalue weighted by Crippen LogP contribution is 2.36. The van der Waals surface area contributed by atoms with Crippen LogP contribution in [0, 0.1) is 6.92 Å². The van der Waals surface area contributed by atoms with Crippen LogP contribution in [-0.2, 0) is 9.59 Å². The molecule has 1 aliphatic heterocycles. The van der Waals surface area contributed by atoms with Crippen molar-refractivity contribution in [2.75, 3.05) is 17.3 Å². The van der Waals surface area contributed by atoms with Crippen molar-refractivity contribution in [1.29, 1.82) is 0 Å². The van der Waals surface area contributed by atoms with E-state index in [0.717, 1.165) is 22.0 Å². The Morgan fingerprint density at radius 3 is 2.21 bits per heavy atom. The van der Waals surface area contributed by atoms with Crippen LogP contribution in [0.4, 0.5) is 11.4 Å². The first-order chi connectivity index (χ1) is 16.1. The zero-order valence-corrected chi connectivity index (χ0v) is 18.3. The zero-order valence-electron chi connectivity index (χ0n) is 18.3. The molecule has 0 atom stereocenters. The van der Waals surface area contributed by atoms with Gasteiger partial charge in [-0.05, 0) is 47.7 Å². The van der Waals surface area contributed by atoms with Gasteiger partial charge in [-0.2, -0.15) is 0 Å². The number of imide groups is 1. The molecule has 0 unspecified atom stereocenters. The minimum Gasteiger partial charge on any atom is -0.497 e. The van der Waals surface area contributed by atoms with E-state index in [2.05, 4.69) is 5.32 Å². The third-order valence-corrected chi connectivity index (χ3v) is 5.87. The maximum Gasteiger partial charge on any atom is 0.282 e. The van der Waals surface area contributed by atoms with E-state index in [1.165, 1.54) is 4.90 Å². The van der Waals surface area contributed by atoms with Crippen molar-refractivity contribution in [3.05, 3.63) is 108 Å². The van der Waals surface area contributed by atoms with E-state index in [1.54, 1.807) is 37.4 Å². The van der Waals surface area contributed by atoms with Crippen LogP contribution in [0.2, 0.25) is 0 Å². The average molecular weight is 434 g/mol. The van der Waals surface area contributed by atoms with Crippen LogP contribution in [0.1, 0.15) is 11.1 Å². The highest BCUT2D eigenvalue weighted by molar-refractivity contribution is 6.46. The van der Waals surface area contributed by atoms with Crippen molar-refractivity contribution < 1.29 is 14.3 Å². The molecule has 0 saturated carbocycles. The van der Waals surface area contributed by atoms with Crippen molar-refractivity contribution in [3.8, 4) is 5.75 Å². The highest BCUT2D eigenvalue weighted by Gasteiger charge is 2.40. The predicted octanol–water partition coefficient (Wildman–Crippen LogP) is 5.55. The van der Waals surface area contributed by atoms with Crippen LogP contribution in [0.25, 0.3) is 16.3 Å². The Hall–Kier alpha value is -4.38. The monoisotopic (exact) mass is 434 g/mol. The van der Waals surface area contributed by atoms with Crippen molar-refractivity contribution >= 4 is 39.5 Å². The lowest BCUT2D eigenvalue weighted by Crippen LogP contribution is -2.33. The van der Waals surface area contributed by atoms with E-state index in [1.807, 2.05) is 67.6 Å². The molecule has 0 spiro atoms. The third kappa shape index (κ3) is 3.53. The average Bonchev–Trinajstić information content (AvgIpc) is 3.09. The number of carbonyl (C=O) groups is 2. The molecular weight excluding hydrogens is 412 g/mol. The fourth-order valence-corrected chi connectivity index (χ4v) is 4.17. The van der Waals surface area contributed by atoms with Gasteiger partial charge >= 0.3 is 0 Å². The topological polar surface area (TPSA) is 58.6 Å². The number of aryl methyl sites for hydroxylation is 1. The number of fused-ring (bicyclic) bond motifs is 1. The second-order valence-electron chi connectivity index (χ2n) is 7.86. The first-order valence-corrected chi connectivity index (χ1v) is 10.7. The fourth-order valence-electron chi connectivity index (χ4n) is 4.17. The molecule has 0 saturated heterocycles. The van der Waals surface area contributed by atoms with Crippen LogP contribution in [-0.4, -0.2) is 18.9 Å². The quantitative estimate of drug-likeness (QED) is 0.418. The largest absolute Gasteiger partial charge is 0.497 e.